The van der Waals surface area contributed by atoms with Gasteiger partial charge in [0, 0.05) is 18.9 Å². The van der Waals surface area contributed by atoms with E-state index in [-0.39, 0.29) is 5.91 Å². The summed E-state index contributed by atoms with van der Waals surface area (Å²) >= 11 is 0. The number of pyridine rings is 1. The molecule has 1 aromatic carbocycles. The number of hydrazine groups is 1. The van der Waals surface area contributed by atoms with Crippen molar-refractivity contribution in [2.24, 2.45) is 5.84 Å². The zero-order valence-electron chi connectivity index (χ0n) is 10.00. The van der Waals surface area contributed by atoms with E-state index in [0.717, 1.165) is 5.69 Å². The van der Waals surface area contributed by atoms with E-state index in [0.29, 0.717) is 11.4 Å². The van der Waals surface area contributed by atoms with Gasteiger partial charge in [-0.1, -0.05) is 18.2 Å². The van der Waals surface area contributed by atoms with Gasteiger partial charge in [-0.2, -0.15) is 0 Å². The number of aromatic nitrogens is 1. The molecule has 0 fully saturated rings. The quantitative estimate of drug-likeness (QED) is 0.634. The zero-order valence-corrected chi connectivity index (χ0v) is 10.00. The Morgan fingerprint density at radius 2 is 1.94 bits per heavy atom. The average molecular weight is 242 g/mol. The Hall–Kier alpha value is -2.40. The van der Waals surface area contributed by atoms with E-state index in [4.69, 9.17) is 5.84 Å². The minimum atomic E-state index is -0.165. The molecule has 0 unspecified atom stereocenters. The maximum Gasteiger partial charge on any atom is 0.261 e. The Morgan fingerprint density at radius 1 is 1.22 bits per heavy atom. The number of anilines is 2. The summed E-state index contributed by atoms with van der Waals surface area (Å²) in [5.41, 5.74) is 3.67. The second kappa shape index (κ2) is 5.29. The highest BCUT2D eigenvalue weighted by molar-refractivity contribution is 6.08. The van der Waals surface area contributed by atoms with E-state index < -0.39 is 0 Å². The molecular formula is C13H14N4O. The van der Waals surface area contributed by atoms with Gasteiger partial charge in [-0.15, -0.1) is 0 Å². The van der Waals surface area contributed by atoms with E-state index in [1.54, 1.807) is 30.3 Å². The van der Waals surface area contributed by atoms with Crippen molar-refractivity contribution < 1.29 is 4.79 Å². The molecule has 0 saturated heterocycles. The fourth-order valence-corrected chi connectivity index (χ4v) is 1.64. The summed E-state index contributed by atoms with van der Waals surface area (Å²) in [6, 6.07) is 12.8. The lowest BCUT2D eigenvalue weighted by Gasteiger charge is -2.18. The number of hydrogen-bond acceptors (Lipinski definition) is 4. The molecule has 92 valence electrons. The van der Waals surface area contributed by atoms with Crippen molar-refractivity contribution in [1.29, 1.82) is 0 Å². The minimum absolute atomic E-state index is 0.165. The first kappa shape index (κ1) is 12.1. The predicted molar refractivity (Wildman–Crippen MR) is 71.2 cm³/mol. The van der Waals surface area contributed by atoms with Crippen molar-refractivity contribution in [3.8, 4) is 0 Å². The zero-order chi connectivity index (χ0) is 13.0. The lowest BCUT2D eigenvalue weighted by atomic mass is 10.2. The molecule has 0 radical (unpaired) electrons. The normalized spacial score (nSPS) is 9.89. The summed E-state index contributed by atoms with van der Waals surface area (Å²) in [5, 5.41) is 0. The first-order chi connectivity index (χ1) is 8.74. The summed E-state index contributed by atoms with van der Waals surface area (Å²) in [7, 11) is 1.71. The van der Waals surface area contributed by atoms with Crippen molar-refractivity contribution in [2.75, 3.05) is 17.4 Å². The van der Waals surface area contributed by atoms with Crippen LogP contribution in [-0.2, 0) is 0 Å². The molecule has 5 heteroatoms. The SMILES string of the molecule is CN(C(=O)c1cccnc1NN)c1ccccc1. The Bertz CT molecular complexity index is 542. The van der Waals surface area contributed by atoms with Crippen molar-refractivity contribution in [3.05, 3.63) is 54.2 Å². The van der Waals surface area contributed by atoms with Crippen molar-refractivity contribution in [1.82, 2.24) is 4.98 Å². The first-order valence-electron chi connectivity index (χ1n) is 5.49. The van der Waals surface area contributed by atoms with Gasteiger partial charge in [0.25, 0.3) is 5.91 Å². The van der Waals surface area contributed by atoms with E-state index in [1.807, 2.05) is 30.3 Å². The van der Waals surface area contributed by atoms with Crippen LogP contribution in [-0.4, -0.2) is 17.9 Å². The van der Waals surface area contributed by atoms with Crippen LogP contribution in [0.5, 0.6) is 0 Å². The van der Waals surface area contributed by atoms with Crippen LogP contribution in [0, 0.1) is 0 Å². The van der Waals surface area contributed by atoms with Gasteiger partial charge in [-0.3, -0.25) is 4.79 Å². The number of nitrogens with one attached hydrogen (secondary N) is 1. The predicted octanol–water partition coefficient (Wildman–Crippen LogP) is 1.64. The van der Waals surface area contributed by atoms with Crippen LogP contribution < -0.4 is 16.2 Å². The number of rotatable bonds is 3. The minimum Gasteiger partial charge on any atom is -0.311 e. The van der Waals surface area contributed by atoms with Crippen LogP contribution in [0.3, 0.4) is 0 Å². The standard InChI is InChI=1S/C13H14N4O/c1-17(10-6-3-2-4-7-10)13(18)11-8-5-9-15-12(11)16-14/h2-9H,14H2,1H3,(H,15,16). The Labute approximate surface area is 105 Å². The third-order valence-corrected chi connectivity index (χ3v) is 2.62. The fourth-order valence-electron chi connectivity index (χ4n) is 1.64. The van der Waals surface area contributed by atoms with Crippen LogP contribution >= 0.6 is 0 Å². The summed E-state index contributed by atoms with van der Waals surface area (Å²) in [5.74, 6) is 5.55. The van der Waals surface area contributed by atoms with Gasteiger partial charge >= 0.3 is 0 Å². The Kier molecular flexibility index (Phi) is 3.54. The number of amides is 1. The highest BCUT2D eigenvalue weighted by Crippen LogP contribution is 2.18. The van der Waals surface area contributed by atoms with Crippen LogP contribution in [0.15, 0.2) is 48.7 Å². The van der Waals surface area contributed by atoms with Gasteiger partial charge in [0.15, 0.2) is 5.82 Å². The molecule has 0 aliphatic carbocycles. The van der Waals surface area contributed by atoms with Gasteiger partial charge in [-0.05, 0) is 24.3 Å². The van der Waals surface area contributed by atoms with Crippen molar-refractivity contribution in [2.45, 2.75) is 0 Å². The highest BCUT2D eigenvalue weighted by atomic mass is 16.2. The molecule has 0 atom stereocenters. The number of nitrogens with zero attached hydrogens (tertiary/aromatic N) is 2. The molecule has 0 bridgehead atoms. The third kappa shape index (κ3) is 2.31. The fraction of sp³-hybridized carbons (Fsp3) is 0.0769. The molecule has 5 nitrogen and oxygen atoms in total. The van der Waals surface area contributed by atoms with E-state index in [2.05, 4.69) is 10.4 Å². The van der Waals surface area contributed by atoms with Crippen LogP contribution in [0.25, 0.3) is 0 Å². The lowest BCUT2D eigenvalue weighted by Crippen LogP contribution is -2.28. The molecule has 2 rings (SSSR count). The van der Waals surface area contributed by atoms with Crippen molar-refractivity contribution in [3.63, 3.8) is 0 Å². The van der Waals surface area contributed by atoms with E-state index in [9.17, 15) is 4.79 Å². The summed E-state index contributed by atoms with van der Waals surface area (Å²) in [6.45, 7) is 0. The maximum absolute atomic E-state index is 12.3. The largest absolute Gasteiger partial charge is 0.311 e. The van der Waals surface area contributed by atoms with Gasteiger partial charge in [-0.25, -0.2) is 10.8 Å². The number of carbonyl (C=O) groups excluding carboxylic acids is 1. The van der Waals surface area contributed by atoms with E-state index >= 15 is 0 Å². The molecule has 0 aliphatic rings. The number of benzene rings is 1. The van der Waals surface area contributed by atoms with E-state index in [1.165, 1.54) is 0 Å². The van der Waals surface area contributed by atoms with Crippen LogP contribution in [0.4, 0.5) is 11.5 Å². The molecule has 1 heterocycles. The molecule has 0 aliphatic heterocycles. The van der Waals surface area contributed by atoms with Gasteiger partial charge in [0.05, 0.1) is 5.56 Å². The number of nitrogen functional groups attached to an aromatic ring is 1. The lowest BCUT2D eigenvalue weighted by molar-refractivity contribution is 0.0993. The monoisotopic (exact) mass is 242 g/mol. The highest BCUT2D eigenvalue weighted by Gasteiger charge is 2.16. The number of hydrogen-bond donors (Lipinski definition) is 2. The third-order valence-electron chi connectivity index (χ3n) is 2.62. The second-order valence-electron chi connectivity index (χ2n) is 3.74. The molecule has 18 heavy (non-hydrogen) atoms. The van der Waals surface area contributed by atoms with Gasteiger partial charge < -0.3 is 10.3 Å². The molecule has 2 aromatic rings. The van der Waals surface area contributed by atoms with Gasteiger partial charge in [0.2, 0.25) is 0 Å². The molecule has 1 aromatic heterocycles. The Balaban J connectivity index is 2.32. The number of nitrogens with two attached hydrogens (primary N) is 1. The molecule has 3 N–H and O–H groups in total. The molecule has 1 amide bonds. The summed E-state index contributed by atoms with van der Waals surface area (Å²) in [6.07, 6.45) is 1.58. The van der Waals surface area contributed by atoms with Crippen LogP contribution in [0.2, 0.25) is 0 Å². The van der Waals surface area contributed by atoms with Crippen molar-refractivity contribution >= 4 is 17.4 Å². The topological polar surface area (TPSA) is 71.2 Å². The Morgan fingerprint density at radius 3 is 2.61 bits per heavy atom. The number of para-hydroxylation sites is 1. The summed E-state index contributed by atoms with van der Waals surface area (Å²) in [4.78, 5) is 17.9. The maximum atomic E-state index is 12.3. The van der Waals surface area contributed by atoms with Crippen LogP contribution in [0.1, 0.15) is 10.4 Å². The number of carbonyl (C=O) groups is 1. The first-order valence-corrected chi connectivity index (χ1v) is 5.49. The molecule has 0 saturated carbocycles. The summed E-state index contributed by atoms with van der Waals surface area (Å²) < 4.78 is 0. The molecular weight excluding hydrogens is 228 g/mol. The smallest absolute Gasteiger partial charge is 0.261 e. The average Bonchev–Trinajstić information content (AvgIpc) is 2.46. The molecule has 0 spiro atoms. The van der Waals surface area contributed by atoms with Gasteiger partial charge in [0.1, 0.15) is 0 Å². The second-order valence-corrected chi connectivity index (χ2v) is 3.74.